The maximum atomic E-state index is 12.1. The topological polar surface area (TPSA) is 73.1 Å². The van der Waals surface area contributed by atoms with Crippen molar-refractivity contribution < 1.29 is 9.53 Å². The van der Waals surface area contributed by atoms with Crippen LogP contribution in [0.3, 0.4) is 0 Å². The molecule has 1 aliphatic heterocycles. The minimum absolute atomic E-state index is 0.184. The van der Waals surface area contributed by atoms with Crippen molar-refractivity contribution >= 4 is 17.7 Å². The van der Waals surface area contributed by atoms with Crippen molar-refractivity contribution in [3.05, 3.63) is 5.82 Å². The van der Waals surface area contributed by atoms with Crippen LogP contribution in [0.25, 0.3) is 0 Å². The lowest BCUT2D eigenvalue weighted by atomic mass is 10.2. The Bertz CT molecular complexity index is 469. The van der Waals surface area contributed by atoms with Crippen LogP contribution in [0.4, 0.5) is 0 Å². The molecule has 1 aliphatic carbocycles. The molecule has 8 heteroatoms. The fourth-order valence-electron chi connectivity index (χ4n) is 2.87. The van der Waals surface area contributed by atoms with Crippen LogP contribution in [0, 0.1) is 0 Å². The second kappa shape index (κ2) is 7.22. The third-order valence-electron chi connectivity index (χ3n) is 4.05. The molecule has 1 amide bonds. The Morgan fingerprint density at radius 3 is 2.81 bits per heavy atom. The number of rotatable bonds is 5. The van der Waals surface area contributed by atoms with Gasteiger partial charge in [-0.3, -0.25) is 4.79 Å². The molecule has 21 heavy (non-hydrogen) atoms. The molecule has 1 aromatic heterocycles. The lowest BCUT2D eigenvalue weighted by Gasteiger charge is -2.26. The molecular formula is C13H21N5O2S. The third-order valence-corrected chi connectivity index (χ3v) is 4.97. The van der Waals surface area contributed by atoms with Gasteiger partial charge in [-0.25, -0.2) is 4.68 Å². The normalized spacial score (nSPS) is 20.1. The summed E-state index contributed by atoms with van der Waals surface area (Å²) in [7, 11) is 0. The third kappa shape index (κ3) is 3.74. The number of morpholine rings is 1. The van der Waals surface area contributed by atoms with E-state index in [-0.39, 0.29) is 5.91 Å². The van der Waals surface area contributed by atoms with Crippen LogP contribution in [0.15, 0.2) is 0 Å². The monoisotopic (exact) mass is 311 g/mol. The SMILES string of the molecule is O=C(CSCc1nnnn1C1CCCC1)N1CCOCC1. The van der Waals surface area contributed by atoms with Gasteiger partial charge in [0.1, 0.15) is 0 Å². The quantitative estimate of drug-likeness (QED) is 0.804. The highest BCUT2D eigenvalue weighted by molar-refractivity contribution is 7.99. The maximum Gasteiger partial charge on any atom is 0.232 e. The van der Waals surface area contributed by atoms with Gasteiger partial charge in [-0.05, 0) is 23.3 Å². The molecule has 116 valence electrons. The van der Waals surface area contributed by atoms with E-state index >= 15 is 0 Å². The lowest BCUT2D eigenvalue weighted by molar-refractivity contribution is -0.132. The number of tetrazole rings is 1. The van der Waals surface area contributed by atoms with Crippen LogP contribution in [0.5, 0.6) is 0 Å². The Morgan fingerprint density at radius 2 is 2.05 bits per heavy atom. The van der Waals surface area contributed by atoms with E-state index in [2.05, 4.69) is 15.5 Å². The van der Waals surface area contributed by atoms with Gasteiger partial charge in [0.15, 0.2) is 5.82 Å². The Kier molecular flexibility index (Phi) is 5.08. The summed E-state index contributed by atoms with van der Waals surface area (Å²) in [5.74, 6) is 2.25. The van der Waals surface area contributed by atoms with Crippen molar-refractivity contribution in [1.29, 1.82) is 0 Å². The molecule has 0 aromatic carbocycles. The molecule has 1 aromatic rings. The first-order chi connectivity index (χ1) is 10.3. The summed E-state index contributed by atoms with van der Waals surface area (Å²) < 4.78 is 7.21. The summed E-state index contributed by atoms with van der Waals surface area (Å²) in [5.41, 5.74) is 0. The molecule has 0 unspecified atom stereocenters. The molecule has 0 N–H and O–H groups in total. The van der Waals surface area contributed by atoms with Gasteiger partial charge in [-0.2, -0.15) is 0 Å². The minimum Gasteiger partial charge on any atom is -0.378 e. The molecule has 1 saturated carbocycles. The lowest BCUT2D eigenvalue weighted by Crippen LogP contribution is -2.41. The minimum atomic E-state index is 0.184. The molecule has 2 aliphatic rings. The van der Waals surface area contributed by atoms with E-state index in [0.717, 1.165) is 18.7 Å². The Morgan fingerprint density at radius 1 is 1.29 bits per heavy atom. The number of amides is 1. The first kappa shape index (κ1) is 14.8. The zero-order chi connectivity index (χ0) is 14.5. The highest BCUT2D eigenvalue weighted by atomic mass is 32.2. The van der Waals surface area contributed by atoms with E-state index in [1.807, 2.05) is 9.58 Å². The van der Waals surface area contributed by atoms with Crippen molar-refractivity contribution in [2.45, 2.75) is 37.5 Å². The fraction of sp³-hybridized carbons (Fsp3) is 0.846. The molecule has 0 spiro atoms. The Hall–Kier alpha value is -1.15. The van der Waals surface area contributed by atoms with Crippen molar-refractivity contribution in [3.63, 3.8) is 0 Å². The largest absolute Gasteiger partial charge is 0.378 e. The van der Waals surface area contributed by atoms with Gasteiger partial charge in [0.25, 0.3) is 0 Å². The smallest absolute Gasteiger partial charge is 0.232 e. The molecule has 0 atom stereocenters. The molecule has 7 nitrogen and oxygen atoms in total. The summed E-state index contributed by atoms with van der Waals surface area (Å²) in [6, 6.07) is 0.450. The molecule has 1 saturated heterocycles. The number of thioether (sulfide) groups is 1. The van der Waals surface area contributed by atoms with E-state index < -0.39 is 0 Å². The van der Waals surface area contributed by atoms with Crippen LogP contribution in [0.1, 0.15) is 37.5 Å². The number of ether oxygens (including phenoxy) is 1. The van der Waals surface area contributed by atoms with Crippen molar-refractivity contribution in [2.24, 2.45) is 0 Å². The van der Waals surface area contributed by atoms with Crippen LogP contribution >= 0.6 is 11.8 Å². The molecule has 0 radical (unpaired) electrons. The summed E-state index contributed by atoms with van der Waals surface area (Å²) >= 11 is 1.59. The number of aromatic nitrogens is 4. The van der Waals surface area contributed by atoms with Crippen molar-refractivity contribution in [2.75, 3.05) is 32.1 Å². The van der Waals surface area contributed by atoms with Crippen LogP contribution in [-0.4, -0.2) is 63.1 Å². The van der Waals surface area contributed by atoms with E-state index in [9.17, 15) is 4.79 Å². The van der Waals surface area contributed by atoms with Gasteiger partial charge in [0.05, 0.1) is 30.8 Å². The maximum absolute atomic E-state index is 12.1. The summed E-state index contributed by atoms with van der Waals surface area (Å²) in [4.78, 5) is 13.9. The molecule has 0 bridgehead atoms. The van der Waals surface area contributed by atoms with Gasteiger partial charge in [-0.15, -0.1) is 16.9 Å². The highest BCUT2D eigenvalue weighted by Crippen LogP contribution is 2.29. The number of carbonyl (C=O) groups excluding carboxylic acids is 1. The fourth-order valence-corrected chi connectivity index (χ4v) is 3.71. The second-order valence-corrected chi connectivity index (χ2v) is 6.45. The summed E-state index contributed by atoms with van der Waals surface area (Å²) in [6.45, 7) is 2.71. The zero-order valence-electron chi connectivity index (χ0n) is 12.1. The number of hydrogen-bond donors (Lipinski definition) is 0. The van der Waals surface area contributed by atoms with Gasteiger partial charge in [-0.1, -0.05) is 12.8 Å². The number of carbonyl (C=O) groups is 1. The zero-order valence-corrected chi connectivity index (χ0v) is 12.9. The molecule has 2 fully saturated rings. The standard InChI is InChI=1S/C13H21N5O2S/c19-13(17-5-7-20-8-6-17)10-21-9-12-14-15-16-18(12)11-3-1-2-4-11/h11H,1-10H2. The number of nitrogens with zero attached hydrogens (tertiary/aromatic N) is 5. The second-order valence-electron chi connectivity index (χ2n) is 5.46. The van der Waals surface area contributed by atoms with Gasteiger partial charge >= 0.3 is 0 Å². The summed E-state index contributed by atoms with van der Waals surface area (Å²) in [6.07, 6.45) is 4.84. The van der Waals surface area contributed by atoms with E-state index in [1.165, 1.54) is 12.8 Å². The molecular weight excluding hydrogens is 290 g/mol. The van der Waals surface area contributed by atoms with Crippen LogP contribution in [0.2, 0.25) is 0 Å². The van der Waals surface area contributed by atoms with E-state index in [0.29, 0.717) is 43.9 Å². The predicted octanol–water partition coefficient (Wildman–Crippen LogP) is 0.880. The van der Waals surface area contributed by atoms with Gasteiger partial charge in [0.2, 0.25) is 5.91 Å². The van der Waals surface area contributed by atoms with Crippen molar-refractivity contribution in [3.8, 4) is 0 Å². The van der Waals surface area contributed by atoms with E-state index in [1.54, 1.807) is 11.8 Å². The first-order valence-corrected chi connectivity index (χ1v) is 8.70. The Balaban J connectivity index is 1.47. The predicted molar refractivity (Wildman–Crippen MR) is 78.9 cm³/mol. The van der Waals surface area contributed by atoms with E-state index in [4.69, 9.17) is 4.74 Å². The summed E-state index contributed by atoms with van der Waals surface area (Å²) in [5, 5.41) is 12.0. The first-order valence-electron chi connectivity index (χ1n) is 7.54. The van der Waals surface area contributed by atoms with Crippen molar-refractivity contribution in [1.82, 2.24) is 25.1 Å². The van der Waals surface area contributed by atoms with Crippen LogP contribution < -0.4 is 0 Å². The van der Waals surface area contributed by atoms with Gasteiger partial charge < -0.3 is 9.64 Å². The average Bonchev–Trinajstić information content (AvgIpc) is 3.18. The van der Waals surface area contributed by atoms with Gasteiger partial charge in [0, 0.05) is 13.1 Å². The average molecular weight is 311 g/mol. The molecule has 2 heterocycles. The highest BCUT2D eigenvalue weighted by Gasteiger charge is 2.22. The van der Waals surface area contributed by atoms with Crippen LogP contribution in [-0.2, 0) is 15.3 Å². The Labute approximate surface area is 128 Å². The number of hydrogen-bond acceptors (Lipinski definition) is 6. The molecule has 3 rings (SSSR count).